The number of aliphatic carboxylic acids is 1. The molecule has 0 radical (unpaired) electrons. The third-order valence-electron chi connectivity index (χ3n) is 6.06. The second kappa shape index (κ2) is 10.7. The van der Waals surface area contributed by atoms with Crippen LogP contribution in [0.4, 0.5) is 10.5 Å². The van der Waals surface area contributed by atoms with Gasteiger partial charge in [0.1, 0.15) is 6.61 Å². The van der Waals surface area contributed by atoms with Crippen LogP contribution in [0.2, 0.25) is 0 Å². The van der Waals surface area contributed by atoms with Crippen LogP contribution in [0.1, 0.15) is 40.7 Å². The van der Waals surface area contributed by atoms with Crippen molar-refractivity contribution in [3.63, 3.8) is 0 Å². The fourth-order valence-electron chi connectivity index (χ4n) is 4.31. The van der Waals surface area contributed by atoms with Crippen molar-refractivity contribution in [3.05, 3.63) is 87.9 Å². The smallest absolute Gasteiger partial charge is 0.411 e. The van der Waals surface area contributed by atoms with Crippen LogP contribution < -0.4 is 5.32 Å². The third kappa shape index (κ3) is 5.38. The lowest BCUT2D eigenvalue weighted by Gasteiger charge is -2.20. The summed E-state index contributed by atoms with van der Waals surface area (Å²) in [6, 6.07) is 21.0. The van der Waals surface area contributed by atoms with E-state index in [-0.39, 0.29) is 31.4 Å². The first-order valence-electron chi connectivity index (χ1n) is 11.3. The minimum Gasteiger partial charge on any atom is -0.481 e. The van der Waals surface area contributed by atoms with Crippen LogP contribution in [0.3, 0.4) is 0 Å². The molecule has 0 spiro atoms. The summed E-state index contributed by atoms with van der Waals surface area (Å²) < 4.78 is 6.19. The molecule has 0 bridgehead atoms. The number of anilines is 1. The number of benzene rings is 3. The number of nitrogens with zero attached hydrogens (tertiary/aromatic N) is 1. The molecule has 0 saturated carbocycles. The maximum atomic E-state index is 12.8. The Labute approximate surface area is 211 Å². The van der Waals surface area contributed by atoms with Crippen molar-refractivity contribution in [3.8, 4) is 11.1 Å². The average molecular weight is 537 g/mol. The predicted octanol–water partition coefficient (Wildman–Crippen LogP) is 5.75. The zero-order valence-electron chi connectivity index (χ0n) is 19.2. The quantitative estimate of drug-likeness (QED) is 0.382. The Morgan fingerprint density at radius 2 is 1.63 bits per heavy atom. The van der Waals surface area contributed by atoms with Gasteiger partial charge in [-0.2, -0.15) is 0 Å². The minimum absolute atomic E-state index is 0.0585. The number of carbonyl (C=O) groups is 3. The molecule has 0 unspecified atom stereocenters. The molecule has 3 aromatic carbocycles. The molecule has 2 amide bonds. The lowest BCUT2D eigenvalue weighted by Crippen LogP contribution is -2.32. The molecule has 0 aliphatic heterocycles. The molecule has 8 heteroatoms. The summed E-state index contributed by atoms with van der Waals surface area (Å²) in [5, 5.41) is 11.6. The van der Waals surface area contributed by atoms with Gasteiger partial charge in [-0.15, -0.1) is 0 Å². The summed E-state index contributed by atoms with van der Waals surface area (Å²) in [5.41, 5.74) is 5.27. The van der Waals surface area contributed by atoms with E-state index in [0.29, 0.717) is 22.3 Å². The van der Waals surface area contributed by atoms with Gasteiger partial charge in [-0.3, -0.25) is 14.9 Å². The van der Waals surface area contributed by atoms with Gasteiger partial charge in [-0.05, 0) is 63.3 Å². The van der Waals surface area contributed by atoms with Gasteiger partial charge in [-0.25, -0.2) is 4.79 Å². The molecule has 35 heavy (non-hydrogen) atoms. The standard InChI is InChI=1S/C27H25BrN2O5/c1-2-30(14-13-25(31)32)26(33)17-11-12-23(28)24(15-17)29-27(34)35-16-22-20-9-5-3-7-18(20)19-8-4-6-10-21(19)22/h3-12,15,22H,2,13-14,16H2,1H3,(H,29,34)(H,31,32). The van der Waals surface area contributed by atoms with Gasteiger partial charge in [0.25, 0.3) is 5.91 Å². The number of amides is 2. The van der Waals surface area contributed by atoms with E-state index in [4.69, 9.17) is 9.84 Å². The minimum atomic E-state index is -0.968. The molecule has 1 aliphatic carbocycles. The van der Waals surface area contributed by atoms with Crippen LogP contribution in [0.5, 0.6) is 0 Å². The number of ether oxygens (including phenoxy) is 1. The lowest BCUT2D eigenvalue weighted by atomic mass is 9.98. The van der Waals surface area contributed by atoms with Crippen LogP contribution in [0.25, 0.3) is 11.1 Å². The van der Waals surface area contributed by atoms with Crippen molar-refractivity contribution in [2.45, 2.75) is 19.3 Å². The number of nitrogens with one attached hydrogen (secondary N) is 1. The fourth-order valence-corrected chi connectivity index (χ4v) is 4.66. The van der Waals surface area contributed by atoms with Gasteiger partial charge >= 0.3 is 12.1 Å². The molecule has 2 N–H and O–H groups in total. The van der Waals surface area contributed by atoms with Gasteiger partial charge in [0.15, 0.2) is 0 Å². The van der Waals surface area contributed by atoms with E-state index in [9.17, 15) is 14.4 Å². The highest BCUT2D eigenvalue weighted by Crippen LogP contribution is 2.44. The average Bonchev–Trinajstić information content (AvgIpc) is 3.18. The van der Waals surface area contributed by atoms with E-state index in [0.717, 1.165) is 22.3 Å². The van der Waals surface area contributed by atoms with Crippen molar-refractivity contribution in [1.29, 1.82) is 0 Å². The summed E-state index contributed by atoms with van der Waals surface area (Å²) in [6.45, 7) is 2.44. The Morgan fingerprint density at radius 3 is 2.23 bits per heavy atom. The molecule has 4 rings (SSSR count). The number of halogens is 1. The molecule has 0 fully saturated rings. The van der Waals surface area contributed by atoms with E-state index in [1.807, 2.05) is 24.3 Å². The van der Waals surface area contributed by atoms with Crippen LogP contribution in [-0.2, 0) is 9.53 Å². The number of carboxylic acid groups (broad SMARTS) is 1. The molecule has 1 aliphatic rings. The summed E-state index contributed by atoms with van der Waals surface area (Å²) >= 11 is 3.40. The van der Waals surface area contributed by atoms with E-state index < -0.39 is 12.1 Å². The zero-order valence-corrected chi connectivity index (χ0v) is 20.7. The normalized spacial score (nSPS) is 11.9. The highest BCUT2D eigenvalue weighted by Gasteiger charge is 2.29. The number of fused-ring (bicyclic) bond motifs is 3. The van der Waals surface area contributed by atoms with Crippen molar-refractivity contribution < 1.29 is 24.2 Å². The maximum Gasteiger partial charge on any atom is 0.411 e. The molecule has 0 saturated heterocycles. The number of hydrogen-bond acceptors (Lipinski definition) is 4. The maximum absolute atomic E-state index is 12.8. The summed E-state index contributed by atoms with van der Waals surface area (Å²) in [7, 11) is 0. The van der Waals surface area contributed by atoms with Crippen molar-refractivity contribution in [2.75, 3.05) is 25.0 Å². The fraction of sp³-hybridized carbons (Fsp3) is 0.222. The van der Waals surface area contributed by atoms with Gasteiger partial charge in [0.2, 0.25) is 0 Å². The van der Waals surface area contributed by atoms with Gasteiger partial charge in [-0.1, -0.05) is 48.5 Å². The Morgan fingerprint density at radius 1 is 1.00 bits per heavy atom. The van der Waals surface area contributed by atoms with E-state index in [1.165, 1.54) is 4.90 Å². The van der Waals surface area contributed by atoms with Crippen LogP contribution in [-0.4, -0.2) is 47.7 Å². The summed E-state index contributed by atoms with van der Waals surface area (Å²) in [6.07, 6.45) is -0.767. The largest absolute Gasteiger partial charge is 0.481 e. The van der Waals surface area contributed by atoms with Crippen molar-refractivity contribution in [1.82, 2.24) is 4.90 Å². The van der Waals surface area contributed by atoms with E-state index in [1.54, 1.807) is 25.1 Å². The Balaban J connectivity index is 1.44. The second-order valence-electron chi connectivity index (χ2n) is 8.17. The molecular weight excluding hydrogens is 512 g/mol. The molecule has 3 aromatic rings. The van der Waals surface area contributed by atoms with Crippen molar-refractivity contribution in [2.24, 2.45) is 0 Å². The number of carbonyl (C=O) groups excluding carboxylic acids is 2. The first-order valence-corrected chi connectivity index (χ1v) is 12.1. The SMILES string of the molecule is CCN(CCC(=O)O)C(=O)c1ccc(Br)c(NC(=O)OCC2c3ccccc3-c3ccccc32)c1. The van der Waals surface area contributed by atoms with E-state index >= 15 is 0 Å². The molecule has 180 valence electrons. The monoisotopic (exact) mass is 536 g/mol. The summed E-state index contributed by atoms with van der Waals surface area (Å²) in [5.74, 6) is -1.33. The highest BCUT2D eigenvalue weighted by molar-refractivity contribution is 9.10. The van der Waals surface area contributed by atoms with E-state index in [2.05, 4.69) is 45.5 Å². The Hall–Kier alpha value is -3.65. The number of hydrogen-bond donors (Lipinski definition) is 2. The zero-order chi connectivity index (χ0) is 24.9. The Bertz CT molecular complexity index is 1230. The molecule has 0 aromatic heterocycles. The van der Waals surface area contributed by atoms with Gasteiger partial charge in [0, 0.05) is 29.0 Å². The molecule has 7 nitrogen and oxygen atoms in total. The second-order valence-corrected chi connectivity index (χ2v) is 9.03. The number of rotatable bonds is 8. The lowest BCUT2D eigenvalue weighted by molar-refractivity contribution is -0.137. The molecule has 0 atom stereocenters. The predicted molar refractivity (Wildman–Crippen MR) is 137 cm³/mol. The van der Waals surface area contributed by atoms with Gasteiger partial charge in [0.05, 0.1) is 12.1 Å². The third-order valence-corrected chi connectivity index (χ3v) is 6.75. The van der Waals surface area contributed by atoms with Gasteiger partial charge < -0.3 is 14.7 Å². The van der Waals surface area contributed by atoms with Crippen molar-refractivity contribution >= 4 is 39.6 Å². The first-order chi connectivity index (χ1) is 16.9. The van der Waals surface area contributed by atoms with Crippen LogP contribution in [0.15, 0.2) is 71.2 Å². The highest BCUT2D eigenvalue weighted by atomic mass is 79.9. The molecule has 0 heterocycles. The summed E-state index contributed by atoms with van der Waals surface area (Å²) in [4.78, 5) is 37.9. The van der Waals surface area contributed by atoms with Crippen LogP contribution in [0, 0.1) is 0 Å². The van der Waals surface area contributed by atoms with Crippen LogP contribution >= 0.6 is 15.9 Å². The Kier molecular flexibility index (Phi) is 7.51. The topological polar surface area (TPSA) is 95.9 Å². The molecular formula is C27H25BrN2O5. The number of carboxylic acids is 1. The first kappa shape index (κ1) is 24.5.